The van der Waals surface area contributed by atoms with Crippen molar-refractivity contribution < 1.29 is 15.0 Å². The normalized spacial score (nSPS) is 23.6. The van der Waals surface area contributed by atoms with E-state index in [1.807, 2.05) is 4.57 Å². The summed E-state index contributed by atoms with van der Waals surface area (Å²) in [5, 5.41) is 18.6. The first kappa shape index (κ1) is 12.2. The molecular formula is C14H16N2O3. The van der Waals surface area contributed by atoms with Crippen LogP contribution in [-0.4, -0.2) is 31.8 Å². The Balaban J connectivity index is 1.99. The number of aliphatic hydroxyl groups excluding tert-OH is 1. The zero-order valence-electron chi connectivity index (χ0n) is 10.5. The molecule has 2 N–H and O–H groups in total. The van der Waals surface area contributed by atoms with Crippen LogP contribution in [0.3, 0.4) is 0 Å². The van der Waals surface area contributed by atoms with Gasteiger partial charge in [0.05, 0.1) is 29.0 Å². The number of hydrogen-bond acceptors (Lipinski definition) is 3. The summed E-state index contributed by atoms with van der Waals surface area (Å²) in [4.78, 5) is 15.4. The highest BCUT2D eigenvalue weighted by atomic mass is 16.4. The lowest BCUT2D eigenvalue weighted by Gasteiger charge is -2.26. The number of carboxylic acids is 1. The summed E-state index contributed by atoms with van der Waals surface area (Å²) >= 11 is 0. The van der Waals surface area contributed by atoms with Gasteiger partial charge in [0.15, 0.2) is 0 Å². The SMILES string of the molecule is O=C(O)c1ccc2ncn(C3CCC(O)CC3)c2c1. The lowest BCUT2D eigenvalue weighted by molar-refractivity contribution is 0.0697. The zero-order valence-corrected chi connectivity index (χ0v) is 10.5. The van der Waals surface area contributed by atoms with Crippen LogP contribution in [0.15, 0.2) is 24.5 Å². The van der Waals surface area contributed by atoms with E-state index in [1.165, 1.54) is 0 Å². The van der Waals surface area contributed by atoms with E-state index in [9.17, 15) is 9.90 Å². The standard InChI is InChI=1S/C14H16N2O3/c17-11-4-2-10(3-5-11)16-8-15-12-6-1-9(14(18)19)7-13(12)16/h1,6-8,10-11,17H,2-5H2,(H,18,19). The molecule has 1 aliphatic rings. The third-order valence-corrected chi connectivity index (χ3v) is 3.88. The van der Waals surface area contributed by atoms with Gasteiger partial charge in [-0.15, -0.1) is 0 Å². The fourth-order valence-electron chi connectivity index (χ4n) is 2.79. The summed E-state index contributed by atoms with van der Waals surface area (Å²) < 4.78 is 2.05. The Hall–Kier alpha value is -1.88. The number of imidazole rings is 1. The first-order chi connectivity index (χ1) is 9.15. The highest BCUT2D eigenvalue weighted by Gasteiger charge is 2.22. The monoisotopic (exact) mass is 260 g/mol. The Morgan fingerprint density at radius 3 is 2.68 bits per heavy atom. The lowest BCUT2D eigenvalue weighted by Crippen LogP contribution is -2.20. The van der Waals surface area contributed by atoms with Crippen LogP contribution in [0.4, 0.5) is 0 Å². The average molecular weight is 260 g/mol. The minimum Gasteiger partial charge on any atom is -0.478 e. The van der Waals surface area contributed by atoms with Crippen LogP contribution >= 0.6 is 0 Å². The molecule has 0 amide bonds. The summed E-state index contributed by atoms with van der Waals surface area (Å²) in [6, 6.07) is 5.30. The Labute approximate surface area is 110 Å². The Morgan fingerprint density at radius 2 is 2.00 bits per heavy atom. The molecule has 0 spiro atoms. The molecule has 0 atom stereocenters. The average Bonchev–Trinajstić information content (AvgIpc) is 2.82. The molecule has 2 aromatic rings. The number of carboxylic acid groups (broad SMARTS) is 1. The lowest BCUT2D eigenvalue weighted by atomic mass is 9.93. The minimum absolute atomic E-state index is 0.194. The number of rotatable bonds is 2. The van der Waals surface area contributed by atoms with E-state index in [4.69, 9.17) is 5.11 Å². The summed E-state index contributed by atoms with van der Waals surface area (Å²) in [5.41, 5.74) is 1.96. The summed E-state index contributed by atoms with van der Waals surface area (Å²) in [7, 11) is 0. The van der Waals surface area contributed by atoms with Crippen LogP contribution < -0.4 is 0 Å². The summed E-state index contributed by atoms with van der Waals surface area (Å²) in [5.74, 6) is -0.922. The molecule has 1 aromatic heterocycles. The quantitative estimate of drug-likeness (QED) is 0.868. The van der Waals surface area contributed by atoms with Gasteiger partial charge in [-0.3, -0.25) is 0 Å². The molecule has 1 aromatic carbocycles. The van der Waals surface area contributed by atoms with Gasteiger partial charge in [0.25, 0.3) is 0 Å². The number of aromatic nitrogens is 2. The van der Waals surface area contributed by atoms with Crippen molar-refractivity contribution in [3.63, 3.8) is 0 Å². The van der Waals surface area contributed by atoms with Crippen molar-refractivity contribution in [1.29, 1.82) is 0 Å². The Kier molecular flexibility index (Phi) is 2.98. The smallest absolute Gasteiger partial charge is 0.335 e. The molecule has 1 aliphatic carbocycles. The maximum absolute atomic E-state index is 11.0. The van der Waals surface area contributed by atoms with Crippen molar-refractivity contribution in [3.05, 3.63) is 30.1 Å². The second-order valence-corrected chi connectivity index (χ2v) is 5.12. The zero-order chi connectivity index (χ0) is 13.4. The largest absolute Gasteiger partial charge is 0.478 e. The molecule has 1 saturated carbocycles. The van der Waals surface area contributed by atoms with Crippen molar-refractivity contribution in [3.8, 4) is 0 Å². The molecule has 0 unspecified atom stereocenters. The molecule has 1 fully saturated rings. The van der Waals surface area contributed by atoms with Crippen molar-refractivity contribution in [2.75, 3.05) is 0 Å². The van der Waals surface area contributed by atoms with Crippen LogP contribution in [0.5, 0.6) is 0 Å². The molecule has 100 valence electrons. The number of hydrogen-bond donors (Lipinski definition) is 2. The fraction of sp³-hybridized carbons (Fsp3) is 0.429. The molecule has 1 heterocycles. The highest BCUT2D eigenvalue weighted by Crippen LogP contribution is 2.31. The van der Waals surface area contributed by atoms with Gasteiger partial charge in [-0.1, -0.05) is 0 Å². The molecule has 5 heteroatoms. The second kappa shape index (κ2) is 4.66. The molecule has 3 rings (SSSR count). The molecule has 0 aliphatic heterocycles. The predicted octanol–water partition coefficient (Wildman–Crippen LogP) is 2.21. The highest BCUT2D eigenvalue weighted by molar-refractivity contribution is 5.92. The van der Waals surface area contributed by atoms with Crippen LogP contribution in [0.1, 0.15) is 42.1 Å². The van der Waals surface area contributed by atoms with Crippen LogP contribution in [0.2, 0.25) is 0 Å². The molecule has 5 nitrogen and oxygen atoms in total. The molecule has 0 radical (unpaired) electrons. The maximum Gasteiger partial charge on any atom is 0.335 e. The van der Waals surface area contributed by atoms with Gasteiger partial charge in [-0.2, -0.15) is 0 Å². The van der Waals surface area contributed by atoms with E-state index in [0.717, 1.165) is 36.7 Å². The minimum atomic E-state index is -0.922. The van der Waals surface area contributed by atoms with Crippen molar-refractivity contribution in [2.45, 2.75) is 37.8 Å². The third kappa shape index (κ3) is 2.21. The number of aromatic carboxylic acids is 1. The second-order valence-electron chi connectivity index (χ2n) is 5.12. The van der Waals surface area contributed by atoms with Crippen LogP contribution in [0.25, 0.3) is 11.0 Å². The number of fused-ring (bicyclic) bond motifs is 1. The van der Waals surface area contributed by atoms with Gasteiger partial charge in [0.1, 0.15) is 0 Å². The maximum atomic E-state index is 11.0. The van der Waals surface area contributed by atoms with Gasteiger partial charge in [-0.25, -0.2) is 9.78 Å². The van der Waals surface area contributed by atoms with E-state index in [0.29, 0.717) is 6.04 Å². The van der Waals surface area contributed by atoms with Crippen LogP contribution in [-0.2, 0) is 0 Å². The summed E-state index contributed by atoms with van der Waals surface area (Å²) in [6.07, 6.45) is 4.99. The molecule has 0 bridgehead atoms. The summed E-state index contributed by atoms with van der Waals surface area (Å²) in [6.45, 7) is 0. The van der Waals surface area contributed by atoms with Gasteiger partial charge in [0, 0.05) is 6.04 Å². The van der Waals surface area contributed by atoms with Gasteiger partial charge in [-0.05, 0) is 43.9 Å². The molecule has 0 saturated heterocycles. The molecular weight excluding hydrogens is 244 g/mol. The predicted molar refractivity (Wildman–Crippen MR) is 70.2 cm³/mol. The first-order valence-corrected chi connectivity index (χ1v) is 6.53. The number of aliphatic hydroxyl groups is 1. The van der Waals surface area contributed by atoms with Crippen molar-refractivity contribution in [1.82, 2.24) is 9.55 Å². The topological polar surface area (TPSA) is 75.3 Å². The number of carbonyl (C=O) groups is 1. The van der Waals surface area contributed by atoms with Crippen LogP contribution in [0, 0.1) is 0 Å². The van der Waals surface area contributed by atoms with E-state index in [-0.39, 0.29) is 11.7 Å². The number of benzene rings is 1. The van der Waals surface area contributed by atoms with E-state index >= 15 is 0 Å². The Bertz CT molecular complexity index is 612. The number of nitrogens with zero attached hydrogens (tertiary/aromatic N) is 2. The van der Waals surface area contributed by atoms with E-state index in [1.54, 1.807) is 24.5 Å². The Morgan fingerprint density at radius 1 is 1.26 bits per heavy atom. The third-order valence-electron chi connectivity index (χ3n) is 3.88. The van der Waals surface area contributed by atoms with Gasteiger partial charge < -0.3 is 14.8 Å². The van der Waals surface area contributed by atoms with E-state index in [2.05, 4.69) is 4.98 Å². The first-order valence-electron chi connectivity index (χ1n) is 6.53. The van der Waals surface area contributed by atoms with E-state index < -0.39 is 5.97 Å². The van der Waals surface area contributed by atoms with Gasteiger partial charge in [0.2, 0.25) is 0 Å². The molecule has 19 heavy (non-hydrogen) atoms. The van der Waals surface area contributed by atoms with Crippen molar-refractivity contribution >= 4 is 17.0 Å². The van der Waals surface area contributed by atoms with Crippen molar-refractivity contribution in [2.24, 2.45) is 0 Å². The fourth-order valence-corrected chi connectivity index (χ4v) is 2.79. The van der Waals surface area contributed by atoms with Gasteiger partial charge >= 0.3 is 5.97 Å².